The van der Waals surface area contributed by atoms with Crippen molar-refractivity contribution in [2.75, 3.05) is 20.4 Å². The Bertz CT molecular complexity index is 1330. The number of nitrogens with zero attached hydrogens (tertiary/aromatic N) is 3. The van der Waals surface area contributed by atoms with Crippen LogP contribution in [0.3, 0.4) is 0 Å². The predicted octanol–water partition coefficient (Wildman–Crippen LogP) is 2.34. The number of benzene rings is 2. The van der Waals surface area contributed by atoms with Crippen molar-refractivity contribution in [3.05, 3.63) is 59.3 Å². The number of fused-ring (bicyclic) bond motifs is 5. The van der Waals surface area contributed by atoms with E-state index in [0.29, 0.717) is 17.9 Å². The van der Waals surface area contributed by atoms with Crippen molar-refractivity contribution in [2.45, 2.75) is 25.4 Å². The summed E-state index contributed by atoms with van der Waals surface area (Å²) in [7, 11) is 1.65. The number of piperazine rings is 1. The van der Waals surface area contributed by atoms with Gasteiger partial charge in [-0.25, -0.2) is 0 Å². The van der Waals surface area contributed by atoms with Crippen molar-refractivity contribution in [1.82, 2.24) is 14.4 Å². The van der Waals surface area contributed by atoms with Crippen molar-refractivity contribution < 1.29 is 23.9 Å². The SMILES string of the molecule is CC(=O)n1c2c(c3ccccc31)C[C@@H]1C(=O)N(C)CC(=O)N1[C@@H]2c1ccc2c(c1)OCO2. The molecule has 3 aliphatic heterocycles. The first-order chi connectivity index (χ1) is 15.5. The number of likely N-dealkylation sites (N-methyl/N-ethyl adjacent to an activating group) is 1. The molecule has 4 heterocycles. The highest BCUT2D eigenvalue weighted by Gasteiger charge is 2.48. The van der Waals surface area contributed by atoms with Crippen LogP contribution >= 0.6 is 0 Å². The average Bonchev–Trinajstić information content (AvgIpc) is 3.38. The Hall–Kier alpha value is -3.81. The van der Waals surface area contributed by atoms with Crippen LogP contribution in [0.4, 0.5) is 0 Å². The van der Waals surface area contributed by atoms with Crippen LogP contribution in [0.2, 0.25) is 0 Å². The third-order valence-electron chi connectivity index (χ3n) is 6.64. The van der Waals surface area contributed by atoms with Gasteiger partial charge in [0, 0.05) is 25.8 Å². The van der Waals surface area contributed by atoms with Crippen LogP contribution in [0.5, 0.6) is 11.5 Å². The Labute approximate surface area is 183 Å². The van der Waals surface area contributed by atoms with Crippen molar-refractivity contribution in [1.29, 1.82) is 0 Å². The largest absolute Gasteiger partial charge is 0.454 e. The highest BCUT2D eigenvalue weighted by Crippen LogP contribution is 2.46. The average molecular weight is 431 g/mol. The second kappa shape index (κ2) is 6.59. The number of aromatic nitrogens is 1. The van der Waals surface area contributed by atoms with Crippen LogP contribution in [0.15, 0.2) is 42.5 Å². The van der Waals surface area contributed by atoms with Gasteiger partial charge in [-0.05, 0) is 29.3 Å². The molecule has 32 heavy (non-hydrogen) atoms. The summed E-state index contributed by atoms with van der Waals surface area (Å²) in [5, 5.41) is 0.927. The lowest BCUT2D eigenvalue weighted by Gasteiger charge is -2.46. The summed E-state index contributed by atoms with van der Waals surface area (Å²) in [5.74, 6) is 0.838. The molecule has 3 aliphatic rings. The van der Waals surface area contributed by atoms with Crippen molar-refractivity contribution in [3.8, 4) is 11.5 Å². The van der Waals surface area contributed by atoms with E-state index in [1.54, 1.807) is 16.5 Å². The number of ether oxygens (including phenoxy) is 2. The van der Waals surface area contributed by atoms with Crippen molar-refractivity contribution >= 4 is 28.6 Å². The number of amides is 2. The molecule has 8 nitrogen and oxygen atoms in total. The molecular formula is C24H21N3O5. The lowest BCUT2D eigenvalue weighted by Crippen LogP contribution is -2.62. The molecule has 2 atom stereocenters. The van der Waals surface area contributed by atoms with Gasteiger partial charge in [0.05, 0.1) is 23.8 Å². The molecule has 0 radical (unpaired) electrons. The summed E-state index contributed by atoms with van der Waals surface area (Å²) >= 11 is 0. The molecule has 162 valence electrons. The highest BCUT2D eigenvalue weighted by molar-refractivity contribution is 6.00. The first-order valence-corrected chi connectivity index (χ1v) is 10.5. The maximum Gasteiger partial charge on any atom is 0.245 e. The maximum atomic E-state index is 13.3. The number of para-hydroxylation sites is 1. The Morgan fingerprint density at radius 2 is 1.84 bits per heavy atom. The van der Waals surface area contributed by atoms with Gasteiger partial charge in [-0.2, -0.15) is 0 Å². The van der Waals surface area contributed by atoms with E-state index in [2.05, 4.69) is 0 Å². The van der Waals surface area contributed by atoms with E-state index in [9.17, 15) is 14.4 Å². The minimum Gasteiger partial charge on any atom is -0.454 e. The second-order valence-corrected chi connectivity index (χ2v) is 8.47. The summed E-state index contributed by atoms with van der Waals surface area (Å²) in [5.41, 5.74) is 3.22. The summed E-state index contributed by atoms with van der Waals surface area (Å²) in [6.07, 6.45) is 0.367. The second-order valence-electron chi connectivity index (χ2n) is 8.47. The minimum atomic E-state index is -0.629. The fourth-order valence-electron chi connectivity index (χ4n) is 5.31. The molecule has 0 spiro atoms. The van der Waals surface area contributed by atoms with E-state index >= 15 is 0 Å². The third kappa shape index (κ3) is 2.46. The van der Waals surface area contributed by atoms with Crippen molar-refractivity contribution in [3.63, 3.8) is 0 Å². The van der Waals surface area contributed by atoms with Gasteiger partial charge < -0.3 is 19.3 Å². The van der Waals surface area contributed by atoms with E-state index in [-0.39, 0.29) is 31.1 Å². The lowest BCUT2D eigenvalue weighted by atomic mass is 9.86. The summed E-state index contributed by atoms with van der Waals surface area (Å²) in [6.45, 7) is 1.66. The van der Waals surface area contributed by atoms with Crippen LogP contribution in [-0.2, 0) is 16.0 Å². The number of hydrogen-bond donors (Lipinski definition) is 0. The monoisotopic (exact) mass is 431 g/mol. The zero-order valence-electron chi connectivity index (χ0n) is 17.7. The Kier molecular flexibility index (Phi) is 3.90. The normalized spacial score (nSPS) is 21.7. The van der Waals surface area contributed by atoms with E-state index in [1.807, 2.05) is 42.5 Å². The van der Waals surface area contributed by atoms with Gasteiger partial charge in [-0.3, -0.25) is 19.0 Å². The zero-order valence-corrected chi connectivity index (χ0v) is 17.7. The van der Waals surface area contributed by atoms with E-state index in [0.717, 1.165) is 27.7 Å². The minimum absolute atomic E-state index is 0.00597. The fourth-order valence-corrected chi connectivity index (χ4v) is 5.31. The van der Waals surface area contributed by atoms with Gasteiger partial charge in [0.1, 0.15) is 6.04 Å². The van der Waals surface area contributed by atoms with Gasteiger partial charge in [0.15, 0.2) is 11.5 Å². The number of carbonyl (C=O) groups is 3. The number of hydrogen-bond acceptors (Lipinski definition) is 5. The van der Waals surface area contributed by atoms with Gasteiger partial charge >= 0.3 is 0 Å². The van der Waals surface area contributed by atoms with E-state index < -0.39 is 12.1 Å². The molecule has 3 aromatic rings. The molecular weight excluding hydrogens is 410 g/mol. The topological polar surface area (TPSA) is 81.1 Å². The van der Waals surface area contributed by atoms with Crippen LogP contribution in [0.1, 0.15) is 34.6 Å². The standard InChI is InChI=1S/C24H21N3O5/c1-13(28)26-17-6-4-3-5-15(17)16-10-18-24(30)25(2)11-21(29)27(18)22(23(16)26)14-7-8-19-20(9-14)32-12-31-19/h3-9,18,22H,10-12H2,1-2H3/t18-,22-/m1/s1. The highest BCUT2D eigenvalue weighted by atomic mass is 16.7. The molecule has 0 N–H and O–H groups in total. The molecule has 0 saturated carbocycles. The molecule has 0 unspecified atom stereocenters. The van der Waals surface area contributed by atoms with Crippen LogP contribution in [0, 0.1) is 0 Å². The third-order valence-corrected chi connectivity index (χ3v) is 6.64. The quantitative estimate of drug-likeness (QED) is 0.591. The first kappa shape index (κ1) is 18.9. The lowest BCUT2D eigenvalue weighted by molar-refractivity contribution is -0.157. The molecule has 1 saturated heterocycles. The van der Waals surface area contributed by atoms with Crippen molar-refractivity contribution in [2.24, 2.45) is 0 Å². The predicted molar refractivity (Wildman–Crippen MR) is 115 cm³/mol. The molecule has 2 amide bonds. The fraction of sp³-hybridized carbons (Fsp3) is 0.292. The smallest absolute Gasteiger partial charge is 0.245 e. The Morgan fingerprint density at radius 1 is 1.06 bits per heavy atom. The molecule has 1 aromatic heterocycles. The Morgan fingerprint density at radius 3 is 2.66 bits per heavy atom. The maximum absolute atomic E-state index is 13.3. The summed E-state index contributed by atoms with van der Waals surface area (Å²) in [6, 6.07) is 12.0. The molecule has 2 aromatic carbocycles. The molecule has 0 aliphatic carbocycles. The summed E-state index contributed by atoms with van der Waals surface area (Å²) < 4.78 is 12.7. The number of rotatable bonds is 1. The van der Waals surface area contributed by atoms with Crippen LogP contribution in [-0.4, -0.2) is 58.5 Å². The zero-order chi connectivity index (χ0) is 22.1. The number of carbonyl (C=O) groups excluding carboxylic acids is 3. The molecule has 6 rings (SSSR count). The molecule has 0 bridgehead atoms. The first-order valence-electron chi connectivity index (χ1n) is 10.5. The van der Waals surface area contributed by atoms with E-state index in [4.69, 9.17) is 9.47 Å². The van der Waals surface area contributed by atoms with Gasteiger partial charge in [-0.15, -0.1) is 0 Å². The summed E-state index contributed by atoms with van der Waals surface area (Å²) in [4.78, 5) is 42.4. The van der Waals surface area contributed by atoms with Gasteiger partial charge in [0.25, 0.3) is 0 Å². The Balaban J connectivity index is 1.67. The van der Waals surface area contributed by atoms with Gasteiger partial charge in [0.2, 0.25) is 24.5 Å². The molecule has 8 heteroatoms. The van der Waals surface area contributed by atoms with Crippen LogP contribution < -0.4 is 9.47 Å². The van der Waals surface area contributed by atoms with Crippen LogP contribution in [0.25, 0.3) is 10.9 Å². The molecule has 1 fully saturated rings. The van der Waals surface area contributed by atoms with Gasteiger partial charge in [-0.1, -0.05) is 24.3 Å². The van der Waals surface area contributed by atoms with E-state index in [1.165, 1.54) is 11.8 Å².